The van der Waals surface area contributed by atoms with Gasteiger partial charge in [-0.25, -0.2) is 4.79 Å². The molecular weight excluding hydrogens is 358 g/mol. The second-order valence-electron chi connectivity index (χ2n) is 8.42. The molecule has 3 rings (SSSR count). The number of aliphatic carboxylic acids is 1. The summed E-state index contributed by atoms with van der Waals surface area (Å²) in [6.45, 7) is 5.96. The Morgan fingerprint density at radius 3 is 2.43 bits per heavy atom. The Kier molecular flexibility index (Phi) is 6.03. The zero-order chi connectivity index (χ0) is 20.3. The smallest absolute Gasteiger partial charge is 0.326 e. The highest BCUT2D eigenvalue weighted by atomic mass is 16.4. The molecular formula is C21H29N3O4. The fraction of sp³-hybridized carbons (Fsp3) is 0.571. The average molecular weight is 387 g/mol. The number of carboxylic acids is 1. The van der Waals surface area contributed by atoms with Gasteiger partial charge in [-0.3, -0.25) is 14.5 Å². The van der Waals surface area contributed by atoms with Crippen LogP contribution >= 0.6 is 0 Å². The third kappa shape index (κ3) is 5.10. The second-order valence-corrected chi connectivity index (χ2v) is 8.42. The predicted molar refractivity (Wildman–Crippen MR) is 105 cm³/mol. The zero-order valence-electron chi connectivity index (χ0n) is 16.6. The summed E-state index contributed by atoms with van der Waals surface area (Å²) < 4.78 is 0. The van der Waals surface area contributed by atoms with E-state index in [0.29, 0.717) is 19.6 Å². The van der Waals surface area contributed by atoms with Crippen molar-refractivity contribution in [2.45, 2.75) is 44.7 Å². The van der Waals surface area contributed by atoms with Gasteiger partial charge in [-0.1, -0.05) is 30.3 Å². The van der Waals surface area contributed by atoms with Gasteiger partial charge in [0.1, 0.15) is 6.04 Å². The van der Waals surface area contributed by atoms with Crippen molar-refractivity contribution in [1.29, 1.82) is 0 Å². The van der Waals surface area contributed by atoms with E-state index in [4.69, 9.17) is 0 Å². The number of nitrogens with zero attached hydrogens (tertiary/aromatic N) is 2. The van der Waals surface area contributed by atoms with Crippen LogP contribution in [0.2, 0.25) is 0 Å². The normalized spacial score (nSPS) is 20.4. The van der Waals surface area contributed by atoms with Crippen molar-refractivity contribution in [2.24, 2.45) is 5.92 Å². The van der Waals surface area contributed by atoms with E-state index in [0.717, 1.165) is 18.4 Å². The monoisotopic (exact) mass is 387 g/mol. The van der Waals surface area contributed by atoms with Crippen LogP contribution in [0.15, 0.2) is 30.3 Å². The first-order valence-corrected chi connectivity index (χ1v) is 9.86. The van der Waals surface area contributed by atoms with Crippen molar-refractivity contribution < 1.29 is 19.5 Å². The molecule has 2 fully saturated rings. The van der Waals surface area contributed by atoms with Crippen LogP contribution in [-0.2, 0) is 20.8 Å². The quantitative estimate of drug-likeness (QED) is 0.732. The van der Waals surface area contributed by atoms with Gasteiger partial charge in [0.2, 0.25) is 11.8 Å². The van der Waals surface area contributed by atoms with E-state index in [1.807, 2.05) is 54.0 Å². The first-order valence-electron chi connectivity index (χ1n) is 9.86. The van der Waals surface area contributed by atoms with Crippen LogP contribution in [0.5, 0.6) is 0 Å². The molecule has 0 unspecified atom stereocenters. The second kappa shape index (κ2) is 8.31. The predicted octanol–water partition coefficient (Wildman–Crippen LogP) is 1.13. The third-order valence-corrected chi connectivity index (χ3v) is 5.56. The highest BCUT2D eigenvalue weighted by Crippen LogP contribution is 2.32. The molecule has 7 nitrogen and oxygen atoms in total. The molecule has 28 heavy (non-hydrogen) atoms. The van der Waals surface area contributed by atoms with Crippen molar-refractivity contribution >= 4 is 17.8 Å². The SMILES string of the molecule is CC1(C)CN(C(=O)C2CC2)CCN1CC(=O)N[C@H](Cc1ccccc1)C(=O)O. The number of amides is 2. The Morgan fingerprint density at radius 1 is 1.18 bits per heavy atom. The standard InChI is InChI=1S/C21H29N3O4/c1-21(2)14-23(19(26)16-8-9-16)10-11-24(21)13-18(25)22-17(20(27)28)12-15-6-4-3-5-7-15/h3-7,16-17H,8-14H2,1-2H3,(H,22,25)(H,27,28)/t17-/m1/s1. The topological polar surface area (TPSA) is 90.0 Å². The molecule has 0 radical (unpaired) electrons. The Hall–Kier alpha value is -2.41. The first kappa shape index (κ1) is 20.3. The Balaban J connectivity index is 1.55. The third-order valence-electron chi connectivity index (χ3n) is 5.56. The molecule has 1 saturated heterocycles. The number of carboxylic acid groups (broad SMARTS) is 1. The Morgan fingerprint density at radius 2 is 1.86 bits per heavy atom. The van der Waals surface area contributed by atoms with Crippen molar-refractivity contribution in [3.63, 3.8) is 0 Å². The summed E-state index contributed by atoms with van der Waals surface area (Å²) in [7, 11) is 0. The van der Waals surface area contributed by atoms with Crippen LogP contribution in [0.3, 0.4) is 0 Å². The minimum Gasteiger partial charge on any atom is -0.480 e. The van der Waals surface area contributed by atoms with Gasteiger partial charge in [0.25, 0.3) is 0 Å². The van der Waals surface area contributed by atoms with E-state index in [1.54, 1.807) is 0 Å². The molecule has 1 aliphatic carbocycles. The molecule has 7 heteroatoms. The number of rotatable bonds is 7. The molecule has 2 N–H and O–H groups in total. The number of hydrogen-bond acceptors (Lipinski definition) is 4. The molecule has 1 aliphatic heterocycles. The van der Waals surface area contributed by atoms with E-state index >= 15 is 0 Å². The number of carbonyl (C=O) groups is 3. The molecule has 1 atom stereocenters. The summed E-state index contributed by atoms with van der Waals surface area (Å²) in [4.78, 5) is 40.4. The number of benzene rings is 1. The van der Waals surface area contributed by atoms with E-state index in [9.17, 15) is 19.5 Å². The Labute approximate surface area is 165 Å². The minimum atomic E-state index is -1.05. The summed E-state index contributed by atoms with van der Waals surface area (Å²) in [5.74, 6) is -0.930. The van der Waals surface area contributed by atoms with E-state index < -0.39 is 12.0 Å². The lowest BCUT2D eigenvalue weighted by molar-refractivity contribution is -0.143. The van der Waals surface area contributed by atoms with E-state index in [-0.39, 0.29) is 36.2 Å². The van der Waals surface area contributed by atoms with Gasteiger partial charge in [-0.15, -0.1) is 0 Å². The summed E-state index contributed by atoms with van der Waals surface area (Å²) >= 11 is 0. The molecule has 2 aliphatic rings. The van der Waals surface area contributed by atoms with Crippen LogP contribution in [0, 0.1) is 5.92 Å². The van der Waals surface area contributed by atoms with Gasteiger partial charge in [-0.05, 0) is 32.3 Å². The van der Waals surface area contributed by atoms with Crippen molar-refractivity contribution in [1.82, 2.24) is 15.1 Å². The summed E-state index contributed by atoms with van der Waals surface area (Å²) in [5, 5.41) is 12.1. The molecule has 0 bridgehead atoms. The highest BCUT2D eigenvalue weighted by Gasteiger charge is 2.40. The minimum absolute atomic E-state index is 0.122. The lowest BCUT2D eigenvalue weighted by Gasteiger charge is -2.47. The summed E-state index contributed by atoms with van der Waals surface area (Å²) in [6, 6.07) is 8.30. The molecule has 2 amide bonds. The van der Waals surface area contributed by atoms with Gasteiger partial charge in [0.05, 0.1) is 6.54 Å². The maximum atomic E-state index is 12.5. The average Bonchev–Trinajstić information content (AvgIpc) is 3.48. The maximum absolute atomic E-state index is 12.5. The lowest BCUT2D eigenvalue weighted by atomic mass is 9.98. The van der Waals surface area contributed by atoms with Crippen LogP contribution < -0.4 is 5.32 Å². The van der Waals surface area contributed by atoms with Gasteiger partial charge in [-0.2, -0.15) is 0 Å². The fourth-order valence-electron chi connectivity index (χ4n) is 3.72. The van der Waals surface area contributed by atoms with Gasteiger partial charge >= 0.3 is 5.97 Å². The summed E-state index contributed by atoms with van der Waals surface area (Å²) in [5.41, 5.74) is 0.529. The number of piperazine rings is 1. The van der Waals surface area contributed by atoms with Crippen LogP contribution in [0.1, 0.15) is 32.3 Å². The number of nitrogens with one attached hydrogen (secondary N) is 1. The molecule has 0 aromatic heterocycles. The van der Waals surface area contributed by atoms with Gasteiger partial charge < -0.3 is 15.3 Å². The van der Waals surface area contributed by atoms with E-state index in [2.05, 4.69) is 5.32 Å². The van der Waals surface area contributed by atoms with Crippen LogP contribution in [-0.4, -0.2) is 70.4 Å². The van der Waals surface area contributed by atoms with Crippen molar-refractivity contribution in [2.75, 3.05) is 26.2 Å². The largest absolute Gasteiger partial charge is 0.480 e. The number of carbonyl (C=O) groups excluding carboxylic acids is 2. The molecule has 1 heterocycles. The Bertz CT molecular complexity index is 730. The molecule has 1 saturated carbocycles. The van der Waals surface area contributed by atoms with Crippen molar-refractivity contribution in [3.05, 3.63) is 35.9 Å². The molecule has 1 aromatic rings. The first-order chi connectivity index (χ1) is 13.3. The molecule has 152 valence electrons. The fourth-order valence-corrected chi connectivity index (χ4v) is 3.72. The summed E-state index contributed by atoms with van der Waals surface area (Å²) in [6.07, 6.45) is 2.22. The highest BCUT2D eigenvalue weighted by molar-refractivity contribution is 5.85. The van der Waals surface area contributed by atoms with Crippen LogP contribution in [0.4, 0.5) is 0 Å². The van der Waals surface area contributed by atoms with E-state index in [1.165, 1.54) is 0 Å². The molecule has 0 spiro atoms. The number of hydrogen-bond donors (Lipinski definition) is 2. The van der Waals surface area contributed by atoms with Gasteiger partial charge in [0.15, 0.2) is 0 Å². The van der Waals surface area contributed by atoms with Crippen LogP contribution in [0.25, 0.3) is 0 Å². The lowest BCUT2D eigenvalue weighted by Crippen LogP contribution is -2.62. The van der Waals surface area contributed by atoms with Crippen molar-refractivity contribution in [3.8, 4) is 0 Å². The zero-order valence-corrected chi connectivity index (χ0v) is 16.6. The maximum Gasteiger partial charge on any atom is 0.326 e. The van der Waals surface area contributed by atoms with Gasteiger partial charge in [0, 0.05) is 37.5 Å². The molecule has 1 aromatic carbocycles.